The van der Waals surface area contributed by atoms with E-state index >= 15 is 0 Å². The minimum Gasteiger partial charge on any atom is -0.481 e. The van der Waals surface area contributed by atoms with E-state index in [2.05, 4.69) is 10.3 Å². The van der Waals surface area contributed by atoms with Crippen LogP contribution in [-0.4, -0.2) is 21.6 Å². The normalized spacial score (nSPS) is 11.8. The molecule has 6 heteroatoms. The summed E-state index contributed by atoms with van der Waals surface area (Å²) in [6.07, 6.45) is -0.651. The zero-order chi connectivity index (χ0) is 21.1. The number of aryl methyl sites for hydroxylation is 1. The summed E-state index contributed by atoms with van der Waals surface area (Å²) < 4.78 is 7.21. The standard InChI is InChI=1S/C24H21N3O3/c1-16(30-20-8-4-3-5-9-20)23(28)26-18-12-14-19(15-13-18)27-17(2)25-22-11-7-6-10-21(22)24(27)29/h3-16H,1-2H3,(H,26,28). The molecule has 1 unspecified atom stereocenters. The Kier molecular flexibility index (Phi) is 5.30. The van der Waals surface area contributed by atoms with Crippen LogP contribution < -0.4 is 15.6 Å². The highest BCUT2D eigenvalue weighted by atomic mass is 16.5. The lowest BCUT2D eigenvalue weighted by atomic mass is 10.2. The van der Waals surface area contributed by atoms with Crippen LogP contribution in [0.25, 0.3) is 16.6 Å². The monoisotopic (exact) mass is 399 g/mol. The van der Waals surface area contributed by atoms with Crippen LogP contribution in [0.2, 0.25) is 0 Å². The van der Waals surface area contributed by atoms with Crippen molar-refractivity contribution < 1.29 is 9.53 Å². The first-order valence-corrected chi connectivity index (χ1v) is 9.64. The third-order valence-corrected chi connectivity index (χ3v) is 4.76. The Bertz CT molecular complexity index is 1250. The molecule has 0 saturated carbocycles. The molecule has 4 rings (SSSR count). The average Bonchev–Trinajstić information content (AvgIpc) is 2.75. The quantitative estimate of drug-likeness (QED) is 0.548. The Hall–Kier alpha value is -3.93. The minimum absolute atomic E-state index is 0.125. The lowest BCUT2D eigenvalue weighted by molar-refractivity contribution is -0.122. The Morgan fingerprint density at radius 1 is 0.967 bits per heavy atom. The molecule has 1 aromatic heterocycles. The molecule has 1 atom stereocenters. The number of rotatable bonds is 5. The van der Waals surface area contributed by atoms with E-state index in [4.69, 9.17) is 4.74 Å². The van der Waals surface area contributed by atoms with Crippen molar-refractivity contribution in [1.29, 1.82) is 0 Å². The van der Waals surface area contributed by atoms with E-state index in [0.717, 1.165) is 0 Å². The zero-order valence-corrected chi connectivity index (χ0v) is 16.7. The van der Waals surface area contributed by atoms with E-state index in [9.17, 15) is 9.59 Å². The lowest BCUT2D eigenvalue weighted by Gasteiger charge is -2.15. The maximum atomic E-state index is 12.9. The lowest BCUT2D eigenvalue weighted by Crippen LogP contribution is -2.30. The molecule has 0 aliphatic carbocycles. The number of carbonyl (C=O) groups is 1. The summed E-state index contributed by atoms with van der Waals surface area (Å²) in [4.78, 5) is 29.9. The summed E-state index contributed by atoms with van der Waals surface area (Å²) in [5.41, 5.74) is 1.85. The molecule has 30 heavy (non-hydrogen) atoms. The van der Waals surface area contributed by atoms with Crippen molar-refractivity contribution in [2.24, 2.45) is 0 Å². The van der Waals surface area contributed by atoms with Gasteiger partial charge in [0.25, 0.3) is 11.5 Å². The van der Waals surface area contributed by atoms with Crippen molar-refractivity contribution in [1.82, 2.24) is 9.55 Å². The second-order valence-corrected chi connectivity index (χ2v) is 6.93. The number of ether oxygens (including phenoxy) is 1. The molecule has 0 fully saturated rings. The third kappa shape index (κ3) is 3.93. The van der Waals surface area contributed by atoms with Gasteiger partial charge in [-0.25, -0.2) is 4.98 Å². The van der Waals surface area contributed by atoms with Gasteiger partial charge in [-0.1, -0.05) is 30.3 Å². The van der Waals surface area contributed by atoms with Gasteiger partial charge in [-0.05, 0) is 62.4 Å². The van der Waals surface area contributed by atoms with Gasteiger partial charge in [0.15, 0.2) is 6.10 Å². The summed E-state index contributed by atoms with van der Waals surface area (Å²) >= 11 is 0. The molecule has 0 spiro atoms. The minimum atomic E-state index is -0.651. The largest absolute Gasteiger partial charge is 0.481 e. The first-order valence-electron chi connectivity index (χ1n) is 9.64. The SMILES string of the molecule is Cc1nc2ccccc2c(=O)n1-c1ccc(NC(=O)C(C)Oc2ccccc2)cc1. The summed E-state index contributed by atoms with van der Waals surface area (Å²) in [5.74, 6) is 0.974. The maximum Gasteiger partial charge on any atom is 0.265 e. The van der Waals surface area contributed by atoms with Crippen molar-refractivity contribution in [3.05, 3.63) is 95.0 Å². The highest BCUT2D eigenvalue weighted by Gasteiger charge is 2.15. The summed E-state index contributed by atoms with van der Waals surface area (Å²) in [6.45, 7) is 3.49. The molecule has 0 aliphatic rings. The number of para-hydroxylation sites is 2. The second-order valence-electron chi connectivity index (χ2n) is 6.93. The molecular formula is C24H21N3O3. The number of benzene rings is 3. The van der Waals surface area contributed by atoms with E-state index in [1.807, 2.05) is 36.4 Å². The van der Waals surface area contributed by atoms with E-state index in [1.165, 1.54) is 0 Å². The highest BCUT2D eigenvalue weighted by molar-refractivity contribution is 5.94. The Balaban J connectivity index is 1.53. The maximum absolute atomic E-state index is 12.9. The van der Waals surface area contributed by atoms with Crippen LogP contribution in [0.1, 0.15) is 12.7 Å². The topological polar surface area (TPSA) is 73.2 Å². The molecule has 1 N–H and O–H groups in total. The molecule has 0 bridgehead atoms. The number of hydrogen-bond donors (Lipinski definition) is 1. The van der Waals surface area contributed by atoms with Crippen LogP contribution in [0.5, 0.6) is 5.75 Å². The van der Waals surface area contributed by atoms with Crippen molar-refractivity contribution >= 4 is 22.5 Å². The summed E-state index contributed by atoms with van der Waals surface area (Å²) in [6, 6.07) is 23.5. The van der Waals surface area contributed by atoms with Gasteiger partial charge in [0.2, 0.25) is 0 Å². The zero-order valence-electron chi connectivity index (χ0n) is 16.7. The molecule has 1 amide bonds. The van der Waals surface area contributed by atoms with E-state index in [-0.39, 0.29) is 11.5 Å². The molecule has 3 aromatic carbocycles. The predicted molar refractivity (Wildman–Crippen MR) is 117 cm³/mol. The number of carbonyl (C=O) groups excluding carboxylic acids is 1. The van der Waals surface area contributed by atoms with Gasteiger partial charge < -0.3 is 10.1 Å². The van der Waals surface area contributed by atoms with Crippen LogP contribution in [0, 0.1) is 6.92 Å². The van der Waals surface area contributed by atoms with Gasteiger partial charge in [0, 0.05) is 5.69 Å². The number of nitrogens with zero attached hydrogens (tertiary/aromatic N) is 2. The van der Waals surface area contributed by atoms with Crippen molar-refractivity contribution in [2.45, 2.75) is 20.0 Å². The van der Waals surface area contributed by atoms with Gasteiger partial charge in [-0.3, -0.25) is 14.2 Å². The average molecular weight is 399 g/mol. The van der Waals surface area contributed by atoms with Gasteiger partial charge in [0.1, 0.15) is 11.6 Å². The van der Waals surface area contributed by atoms with E-state index in [0.29, 0.717) is 33.9 Å². The summed E-state index contributed by atoms with van der Waals surface area (Å²) in [5, 5.41) is 3.39. The first kappa shape index (κ1) is 19.4. The fourth-order valence-electron chi connectivity index (χ4n) is 3.24. The number of hydrogen-bond acceptors (Lipinski definition) is 4. The van der Waals surface area contributed by atoms with Crippen molar-refractivity contribution in [3.8, 4) is 11.4 Å². The molecule has 0 saturated heterocycles. The molecule has 0 aliphatic heterocycles. The molecule has 1 heterocycles. The molecule has 4 aromatic rings. The second kappa shape index (κ2) is 8.21. The van der Waals surface area contributed by atoms with Crippen LogP contribution in [0.15, 0.2) is 83.7 Å². The fraction of sp³-hybridized carbons (Fsp3) is 0.125. The number of anilines is 1. The van der Waals surface area contributed by atoms with Crippen molar-refractivity contribution in [2.75, 3.05) is 5.32 Å². The highest BCUT2D eigenvalue weighted by Crippen LogP contribution is 2.17. The van der Waals surface area contributed by atoms with Gasteiger partial charge in [0.05, 0.1) is 16.6 Å². The van der Waals surface area contributed by atoms with Gasteiger partial charge >= 0.3 is 0 Å². The fourth-order valence-corrected chi connectivity index (χ4v) is 3.24. The Labute approximate surface area is 173 Å². The van der Waals surface area contributed by atoms with Crippen LogP contribution in [0.4, 0.5) is 5.69 Å². The van der Waals surface area contributed by atoms with Crippen LogP contribution in [0.3, 0.4) is 0 Å². The van der Waals surface area contributed by atoms with E-state index < -0.39 is 6.10 Å². The van der Waals surface area contributed by atoms with Crippen LogP contribution in [-0.2, 0) is 4.79 Å². The Morgan fingerprint density at radius 3 is 2.37 bits per heavy atom. The molecular weight excluding hydrogens is 378 g/mol. The number of fused-ring (bicyclic) bond motifs is 1. The predicted octanol–water partition coefficient (Wildman–Crippen LogP) is 4.10. The first-order chi connectivity index (χ1) is 14.5. The van der Waals surface area contributed by atoms with Crippen LogP contribution >= 0.6 is 0 Å². The van der Waals surface area contributed by atoms with E-state index in [1.54, 1.807) is 60.9 Å². The number of amides is 1. The molecule has 6 nitrogen and oxygen atoms in total. The third-order valence-electron chi connectivity index (χ3n) is 4.76. The van der Waals surface area contributed by atoms with Crippen molar-refractivity contribution in [3.63, 3.8) is 0 Å². The van der Waals surface area contributed by atoms with Gasteiger partial charge in [-0.15, -0.1) is 0 Å². The number of nitrogens with one attached hydrogen (secondary N) is 1. The Morgan fingerprint density at radius 2 is 1.63 bits per heavy atom. The number of aromatic nitrogens is 2. The smallest absolute Gasteiger partial charge is 0.265 e. The summed E-state index contributed by atoms with van der Waals surface area (Å²) in [7, 11) is 0. The van der Waals surface area contributed by atoms with Gasteiger partial charge in [-0.2, -0.15) is 0 Å². The molecule has 0 radical (unpaired) electrons. The molecule has 150 valence electrons.